The highest BCUT2D eigenvalue weighted by Gasteiger charge is 2.48. The van der Waals surface area contributed by atoms with E-state index in [1.54, 1.807) is 6.92 Å². The average Bonchev–Trinajstić information content (AvgIpc) is 2.81. The van der Waals surface area contributed by atoms with E-state index in [0.29, 0.717) is 17.5 Å². The fourth-order valence-electron chi connectivity index (χ4n) is 1.76. The summed E-state index contributed by atoms with van der Waals surface area (Å²) in [5.74, 6) is -1.40. The molecule has 18 heavy (non-hydrogen) atoms. The lowest BCUT2D eigenvalue weighted by Crippen LogP contribution is -2.19. The summed E-state index contributed by atoms with van der Waals surface area (Å²) in [6, 6.07) is 0. The Morgan fingerprint density at radius 2 is 2.11 bits per heavy atom. The number of carbonyl (C=O) groups is 1. The highest BCUT2D eigenvalue weighted by molar-refractivity contribution is 6.32. The van der Waals surface area contributed by atoms with Crippen molar-refractivity contribution in [1.29, 1.82) is 0 Å². The third kappa shape index (κ3) is 2.19. The van der Waals surface area contributed by atoms with Gasteiger partial charge < -0.3 is 5.11 Å². The van der Waals surface area contributed by atoms with E-state index in [2.05, 4.69) is 5.10 Å². The van der Waals surface area contributed by atoms with E-state index in [1.807, 2.05) is 0 Å². The standard InChI is InChI=1S/C10H10ClF3N2O2/c1-9(2-3-9)7-6(11)8(10(12,13)14)16(15-7)4-5(17)18/h2-4H2,1H3,(H,17,18). The van der Waals surface area contributed by atoms with Crippen LogP contribution < -0.4 is 0 Å². The van der Waals surface area contributed by atoms with Crippen molar-refractivity contribution in [3.8, 4) is 0 Å². The van der Waals surface area contributed by atoms with Gasteiger partial charge in [-0.15, -0.1) is 0 Å². The Morgan fingerprint density at radius 3 is 2.50 bits per heavy atom. The predicted octanol–water partition coefficient (Wildman–Crippen LogP) is 2.69. The van der Waals surface area contributed by atoms with Gasteiger partial charge in [-0.25, -0.2) is 4.68 Å². The van der Waals surface area contributed by atoms with Crippen LogP contribution in [0.3, 0.4) is 0 Å². The van der Waals surface area contributed by atoms with Gasteiger partial charge in [-0.1, -0.05) is 18.5 Å². The van der Waals surface area contributed by atoms with Crippen molar-refractivity contribution in [2.75, 3.05) is 0 Å². The quantitative estimate of drug-likeness (QED) is 0.927. The zero-order chi connectivity index (χ0) is 13.7. The molecule has 0 bridgehead atoms. The largest absolute Gasteiger partial charge is 0.480 e. The Hall–Kier alpha value is -1.24. The van der Waals surface area contributed by atoms with Gasteiger partial charge in [0.15, 0.2) is 5.69 Å². The molecule has 0 amide bonds. The Morgan fingerprint density at radius 1 is 1.56 bits per heavy atom. The third-order valence-corrected chi connectivity index (χ3v) is 3.38. The minimum atomic E-state index is -4.72. The van der Waals surface area contributed by atoms with Crippen LogP contribution in [-0.4, -0.2) is 20.9 Å². The number of aromatic nitrogens is 2. The molecule has 1 saturated carbocycles. The van der Waals surface area contributed by atoms with Gasteiger partial charge in [0.2, 0.25) is 0 Å². The van der Waals surface area contributed by atoms with E-state index in [-0.39, 0.29) is 5.69 Å². The first-order valence-electron chi connectivity index (χ1n) is 5.21. The second-order valence-electron chi connectivity index (χ2n) is 4.62. The SMILES string of the molecule is CC1(c2nn(CC(=O)O)c(C(F)(F)F)c2Cl)CC1. The molecular formula is C10H10ClF3N2O2. The summed E-state index contributed by atoms with van der Waals surface area (Å²) in [6.45, 7) is 0.900. The van der Waals surface area contributed by atoms with Crippen LogP contribution in [0, 0.1) is 0 Å². The van der Waals surface area contributed by atoms with Crippen LogP contribution in [0.2, 0.25) is 5.02 Å². The number of alkyl halides is 3. The van der Waals surface area contributed by atoms with Crippen LogP contribution in [0.25, 0.3) is 0 Å². The lowest BCUT2D eigenvalue weighted by Gasteiger charge is -2.08. The zero-order valence-electron chi connectivity index (χ0n) is 9.38. The molecule has 0 aliphatic heterocycles. The van der Waals surface area contributed by atoms with Gasteiger partial charge >= 0.3 is 12.1 Å². The Bertz CT molecular complexity index is 506. The number of nitrogens with zero attached hydrogens (tertiary/aromatic N) is 2. The lowest BCUT2D eigenvalue weighted by atomic mass is 10.1. The average molecular weight is 283 g/mol. The minimum Gasteiger partial charge on any atom is -0.480 e. The molecule has 0 atom stereocenters. The summed E-state index contributed by atoms with van der Waals surface area (Å²) in [6.07, 6.45) is -3.31. The van der Waals surface area contributed by atoms with E-state index in [4.69, 9.17) is 16.7 Å². The summed E-state index contributed by atoms with van der Waals surface area (Å²) in [5, 5.41) is 11.9. The van der Waals surface area contributed by atoms with Crippen LogP contribution in [0.5, 0.6) is 0 Å². The summed E-state index contributed by atoms with van der Waals surface area (Å²) in [7, 11) is 0. The molecule has 4 nitrogen and oxygen atoms in total. The smallest absolute Gasteiger partial charge is 0.434 e. The van der Waals surface area contributed by atoms with Gasteiger partial charge in [0.1, 0.15) is 6.54 Å². The molecule has 0 radical (unpaired) electrons. The Labute approximate surface area is 105 Å². The van der Waals surface area contributed by atoms with Crippen molar-refractivity contribution in [3.63, 3.8) is 0 Å². The summed E-state index contributed by atoms with van der Waals surface area (Å²) in [5.41, 5.74) is -1.51. The number of rotatable bonds is 3. The van der Waals surface area contributed by atoms with Crippen LogP contribution >= 0.6 is 11.6 Å². The van der Waals surface area contributed by atoms with Gasteiger partial charge in [-0.05, 0) is 12.8 Å². The molecule has 1 N–H and O–H groups in total. The number of carboxylic acids is 1. The van der Waals surface area contributed by atoms with E-state index in [0.717, 1.165) is 0 Å². The molecule has 8 heteroatoms. The van der Waals surface area contributed by atoms with Crippen molar-refractivity contribution in [3.05, 3.63) is 16.4 Å². The first-order valence-corrected chi connectivity index (χ1v) is 5.59. The van der Waals surface area contributed by atoms with Gasteiger partial charge in [-0.2, -0.15) is 18.3 Å². The maximum atomic E-state index is 12.8. The highest BCUT2D eigenvalue weighted by atomic mass is 35.5. The molecule has 1 aliphatic carbocycles. The molecule has 0 unspecified atom stereocenters. The van der Waals surface area contributed by atoms with Crippen LogP contribution in [-0.2, 0) is 22.9 Å². The maximum absolute atomic E-state index is 12.8. The van der Waals surface area contributed by atoms with Crippen molar-refractivity contribution < 1.29 is 23.1 Å². The predicted molar refractivity (Wildman–Crippen MR) is 56.5 cm³/mol. The molecule has 1 aromatic rings. The van der Waals surface area contributed by atoms with Crippen molar-refractivity contribution in [1.82, 2.24) is 9.78 Å². The molecular weight excluding hydrogens is 273 g/mol. The number of carboxylic acid groups (broad SMARTS) is 1. The molecule has 0 spiro atoms. The minimum absolute atomic E-state index is 0.137. The van der Waals surface area contributed by atoms with Crippen molar-refractivity contribution in [2.24, 2.45) is 0 Å². The molecule has 1 heterocycles. The van der Waals surface area contributed by atoms with Gasteiger partial charge in [0.25, 0.3) is 0 Å². The topological polar surface area (TPSA) is 55.1 Å². The first kappa shape index (κ1) is 13.2. The van der Waals surface area contributed by atoms with E-state index < -0.39 is 34.8 Å². The molecule has 1 aliphatic rings. The number of hydrogen-bond acceptors (Lipinski definition) is 2. The molecule has 1 aromatic heterocycles. The van der Waals surface area contributed by atoms with Crippen LogP contribution in [0.1, 0.15) is 31.2 Å². The molecule has 1 fully saturated rings. The first-order chi connectivity index (χ1) is 8.15. The second-order valence-corrected chi connectivity index (χ2v) is 5.00. The van der Waals surface area contributed by atoms with Crippen LogP contribution in [0.15, 0.2) is 0 Å². The highest BCUT2D eigenvalue weighted by Crippen LogP contribution is 2.51. The lowest BCUT2D eigenvalue weighted by molar-refractivity contribution is -0.146. The number of aliphatic carboxylic acids is 1. The fraction of sp³-hybridized carbons (Fsp3) is 0.600. The number of halogens is 4. The Balaban J connectivity index is 2.54. The number of hydrogen-bond donors (Lipinski definition) is 1. The fourth-order valence-corrected chi connectivity index (χ4v) is 2.23. The van der Waals surface area contributed by atoms with Crippen molar-refractivity contribution >= 4 is 17.6 Å². The second kappa shape index (κ2) is 3.88. The zero-order valence-corrected chi connectivity index (χ0v) is 10.1. The van der Waals surface area contributed by atoms with Gasteiger partial charge in [-0.3, -0.25) is 4.79 Å². The molecule has 0 saturated heterocycles. The summed E-state index contributed by atoms with van der Waals surface area (Å²) >= 11 is 5.73. The van der Waals surface area contributed by atoms with Crippen molar-refractivity contribution in [2.45, 2.75) is 37.9 Å². The maximum Gasteiger partial charge on any atom is 0.434 e. The monoisotopic (exact) mass is 282 g/mol. The van der Waals surface area contributed by atoms with E-state index in [1.165, 1.54) is 0 Å². The third-order valence-electron chi connectivity index (χ3n) is 3.02. The molecule has 2 rings (SSSR count). The summed E-state index contributed by atoms with van der Waals surface area (Å²) < 4.78 is 39.0. The normalized spacial score (nSPS) is 17.8. The molecule has 0 aromatic carbocycles. The van der Waals surface area contributed by atoms with Gasteiger partial charge in [0.05, 0.1) is 10.7 Å². The van der Waals surface area contributed by atoms with E-state index >= 15 is 0 Å². The molecule has 100 valence electrons. The van der Waals surface area contributed by atoms with Gasteiger partial charge in [0, 0.05) is 5.41 Å². The Kier molecular flexibility index (Phi) is 2.84. The summed E-state index contributed by atoms with van der Waals surface area (Å²) in [4.78, 5) is 10.6. The van der Waals surface area contributed by atoms with Crippen LogP contribution in [0.4, 0.5) is 13.2 Å². The van der Waals surface area contributed by atoms with E-state index in [9.17, 15) is 18.0 Å².